The molecular weight excluding hydrogens is 264 g/mol. The Bertz CT molecular complexity index is 599. The van der Waals surface area contributed by atoms with Crippen LogP contribution >= 0.6 is 0 Å². The van der Waals surface area contributed by atoms with Gasteiger partial charge in [-0.3, -0.25) is 10.1 Å². The van der Waals surface area contributed by atoms with Gasteiger partial charge in [0.1, 0.15) is 11.6 Å². The van der Waals surface area contributed by atoms with Gasteiger partial charge in [0, 0.05) is 17.8 Å². The number of nitro groups is 1. The number of rotatable bonds is 5. The largest absolute Gasteiger partial charge is 0.264 e. The third-order valence-corrected chi connectivity index (χ3v) is 3.04. The van der Waals surface area contributed by atoms with E-state index in [-0.39, 0.29) is 23.6 Å². The molecular formula is C15H13F2NO2. The zero-order chi connectivity index (χ0) is 14.5. The van der Waals surface area contributed by atoms with Crippen LogP contribution in [0.3, 0.4) is 0 Å². The van der Waals surface area contributed by atoms with Gasteiger partial charge in [0.25, 0.3) is 0 Å². The molecule has 0 aliphatic rings. The Labute approximate surface area is 115 Å². The van der Waals surface area contributed by atoms with Crippen molar-refractivity contribution < 1.29 is 13.7 Å². The minimum absolute atomic E-state index is 0.141. The summed E-state index contributed by atoms with van der Waals surface area (Å²) < 4.78 is 25.9. The molecule has 2 rings (SSSR count). The van der Waals surface area contributed by atoms with E-state index in [9.17, 15) is 18.9 Å². The van der Waals surface area contributed by atoms with Gasteiger partial charge in [-0.2, -0.15) is 0 Å². The highest BCUT2D eigenvalue weighted by Crippen LogP contribution is 2.13. The van der Waals surface area contributed by atoms with E-state index in [4.69, 9.17) is 0 Å². The molecule has 0 saturated heterocycles. The van der Waals surface area contributed by atoms with Gasteiger partial charge in [-0.05, 0) is 35.4 Å². The summed E-state index contributed by atoms with van der Waals surface area (Å²) in [6.45, 7) is 0. The Morgan fingerprint density at radius 3 is 2.20 bits per heavy atom. The summed E-state index contributed by atoms with van der Waals surface area (Å²) in [5.74, 6) is -0.789. The first-order valence-corrected chi connectivity index (χ1v) is 6.17. The molecule has 2 aromatic carbocycles. The summed E-state index contributed by atoms with van der Waals surface area (Å²) in [5, 5.41) is 11.1. The van der Waals surface area contributed by atoms with Crippen LogP contribution in [0.25, 0.3) is 0 Å². The summed E-state index contributed by atoms with van der Waals surface area (Å²) in [7, 11) is 0. The van der Waals surface area contributed by atoms with E-state index in [1.54, 1.807) is 6.07 Å². The van der Waals surface area contributed by atoms with E-state index < -0.39 is 11.9 Å². The van der Waals surface area contributed by atoms with Crippen LogP contribution < -0.4 is 0 Å². The minimum atomic E-state index is -0.859. The van der Waals surface area contributed by atoms with Crippen LogP contribution in [0.1, 0.15) is 11.1 Å². The lowest BCUT2D eigenvalue weighted by molar-refractivity contribution is -0.521. The summed E-state index contributed by atoms with van der Waals surface area (Å²) in [6, 6.07) is 10.5. The van der Waals surface area contributed by atoms with E-state index in [1.807, 2.05) is 0 Å². The highest BCUT2D eigenvalue weighted by atomic mass is 19.1. The second kappa shape index (κ2) is 6.23. The Hall–Kier alpha value is -2.30. The summed E-state index contributed by atoms with van der Waals surface area (Å²) in [6.07, 6.45) is 0.325. The van der Waals surface area contributed by atoms with Crippen LogP contribution in [-0.2, 0) is 12.8 Å². The van der Waals surface area contributed by atoms with E-state index in [1.165, 1.54) is 42.5 Å². The summed E-state index contributed by atoms with van der Waals surface area (Å²) in [4.78, 5) is 10.7. The molecule has 0 amide bonds. The van der Waals surface area contributed by atoms with Gasteiger partial charge in [0.15, 0.2) is 0 Å². The van der Waals surface area contributed by atoms with Crippen LogP contribution in [0.4, 0.5) is 8.78 Å². The van der Waals surface area contributed by atoms with Crippen LogP contribution in [0, 0.1) is 21.7 Å². The fourth-order valence-electron chi connectivity index (χ4n) is 2.05. The van der Waals surface area contributed by atoms with Crippen molar-refractivity contribution in [2.75, 3.05) is 0 Å². The standard InChI is InChI=1S/C15H13F2NO2/c16-13-6-4-11(5-7-13)9-15(18(19)20)10-12-2-1-3-14(17)8-12/h1-8,15H,9-10H2. The molecule has 1 atom stereocenters. The molecule has 0 aliphatic carbocycles. The fraction of sp³-hybridized carbons (Fsp3) is 0.200. The SMILES string of the molecule is O=[N+]([O-])C(Cc1ccc(F)cc1)Cc1cccc(F)c1. The van der Waals surface area contributed by atoms with Crippen LogP contribution in [0.15, 0.2) is 48.5 Å². The van der Waals surface area contributed by atoms with E-state index in [0.29, 0.717) is 11.1 Å². The monoisotopic (exact) mass is 277 g/mol. The third-order valence-electron chi connectivity index (χ3n) is 3.04. The average molecular weight is 277 g/mol. The zero-order valence-electron chi connectivity index (χ0n) is 10.6. The molecule has 3 nitrogen and oxygen atoms in total. The van der Waals surface area contributed by atoms with Gasteiger partial charge in [0.05, 0.1) is 0 Å². The molecule has 20 heavy (non-hydrogen) atoms. The highest BCUT2D eigenvalue weighted by Gasteiger charge is 2.21. The number of hydrogen-bond donors (Lipinski definition) is 0. The van der Waals surface area contributed by atoms with Crippen molar-refractivity contribution in [1.29, 1.82) is 0 Å². The highest BCUT2D eigenvalue weighted by molar-refractivity contribution is 5.20. The van der Waals surface area contributed by atoms with Gasteiger partial charge in [-0.1, -0.05) is 24.3 Å². The van der Waals surface area contributed by atoms with Crippen LogP contribution in [-0.4, -0.2) is 11.0 Å². The quantitative estimate of drug-likeness (QED) is 0.621. The first-order chi connectivity index (χ1) is 9.54. The Kier molecular flexibility index (Phi) is 4.40. The summed E-state index contributed by atoms with van der Waals surface area (Å²) in [5.41, 5.74) is 1.26. The maximum absolute atomic E-state index is 13.1. The number of hydrogen-bond acceptors (Lipinski definition) is 2. The molecule has 0 saturated carbocycles. The van der Waals surface area contributed by atoms with E-state index in [2.05, 4.69) is 0 Å². The first-order valence-electron chi connectivity index (χ1n) is 6.17. The topological polar surface area (TPSA) is 43.1 Å². The molecule has 0 radical (unpaired) electrons. The molecule has 5 heteroatoms. The van der Waals surface area contributed by atoms with Gasteiger partial charge in [-0.15, -0.1) is 0 Å². The molecule has 0 fully saturated rings. The Balaban J connectivity index is 2.11. The zero-order valence-corrected chi connectivity index (χ0v) is 10.6. The lowest BCUT2D eigenvalue weighted by Gasteiger charge is -2.10. The van der Waals surface area contributed by atoms with Crippen molar-refractivity contribution in [3.8, 4) is 0 Å². The first kappa shape index (κ1) is 14.1. The molecule has 0 heterocycles. The fourth-order valence-corrected chi connectivity index (χ4v) is 2.05. The van der Waals surface area contributed by atoms with Crippen molar-refractivity contribution in [2.45, 2.75) is 18.9 Å². The Morgan fingerprint density at radius 1 is 0.950 bits per heavy atom. The lowest BCUT2D eigenvalue weighted by Crippen LogP contribution is -2.25. The average Bonchev–Trinajstić information content (AvgIpc) is 2.40. The predicted octanol–water partition coefficient (Wildman–Crippen LogP) is 3.40. The third kappa shape index (κ3) is 3.85. The molecule has 1 unspecified atom stereocenters. The Morgan fingerprint density at radius 2 is 1.60 bits per heavy atom. The molecule has 2 aromatic rings. The molecule has 0 bridgehead atoms. The second-order valence-electron chi connectivity index (χ2n) is 4.60. The molecule has 104 valence electrons. The normalized spacial score (nSPS) is 12.1. The van der Waals surface area contributed by atoms with Gasteiger partial charge in [-0.25, -0.2) is 8.78 Å². The minimum Gasteiger partial charge on any atom is -0.264 e. The van der Waals surface area contributed by atoms with Crippen molar-refractivity contribution in [3.05, 3.63) is 81.4 Å². The maximum Gasteiger partial charge on any atom is 0.221 e. The molecule has 0 spiro atoms. The number of halogens is 2. The van der Waals surface area contributed by atoms with Gasteiger partial charge < -0.3 is 0 Å². The smallest absolute Gasteiger partial charge is 0.221 e. The van der Waals surface area contributed by atoms with Crippen molar-refractivity contribution in [2.24, 2.45) is 0 Å². The second-order valence-corrected chi connectivity index (χ2v) is 4.60. The predicted molar refractivity (Wildman–Crippen MR) is 71.0 cm³/mol. The molecule has 0 aromatic heterocycles. The van der Waals surface area contributed by atoms with Gasteiger partial charge in [0.2, 0.25) is 6.04 Å². The van der Waals surface area contributed by atoms with E-state index in [0.717, 1.165) is 0 Å². The lowest BCUT2D eigenvalue weighted by atomic mass is 9.99. The number of benzene rings is 2. The van der Waals surface area contributed by atoms with Crippen LogP contribution in [0.5, 0.6) is 0 Å². The van der Waals surface area contributed by atoms with E-state index >= 15 is 0 Å². The van der Waals surface area contributed by atoms with Gasteiger partial charge >= 0.3 is 0 Å². The van der Waals surface area contributed by atoms with Crippen molar-refractivity contribution >= 4 is 0 Å². The maximum atomic E-state index is 13.1. The molecule has 0 N–H and O–H groups in total. The summed E-state index contributed by atoms with van der Waals surface area (Å²) >= 11 is 0. The van der Waals surface area contributed by atoms with Crippen LogP contribution in [0.2, 0.25) is 0 Å². The van der Waals surface area contributed by atoms with Crippen molar-refractivity contribution in [1.82, 2.24) is 0 Å². The number of nitrogens with zero attached hydrogens (tertiary/aromatic N) is 1. The van der Waals surface area contributed by atoms with Crippen molar-refractivity contribution in [3.63, 3.8) is 0 Å². The molecule has 0 aliphatic heterocycles.